The van der Waals surface area contributed by atoms with E-state index >= 15 is 0 Å². The number of aromatic nitrogens is 2. The van der Waals surface area contributed by atoms with Crippen molar-refractivity contribution in [2.75, 3.05) is 13.1 Å². The molecule has 1 aliphatic rings. The van der Waals surface area contributed by atoms with Crippen molar-refractivity contribution in [3.63, 3.8) is 0 Å². The van der Waals surface area contributed by atoms with E-state index in [9.17, 15) is 9.18 Å². The molecule has 1 fully saturated rings. The lowest BCUT2D eigenvalue weighted by atomic mass is 9.99. The minimum atomic E-state index is -0.446. The van der Waals surface area contributed by atoms with Crippen LogP contribution in [0.25, 0.3) is 5.69 Å². The van der Waals surface area contributed by atoms with Gasteiger partial charge in [-0.1, -0.05) is 40.2 Å². The van der Waals surface area contributed by atoms with Crippen LogP contribution in [0.3, 0.4) is 0 Å². The summed E-state index contributed by atoms with van der Waals surface area (Å²) in [5.74, 6) is -0.322. The third kappa shape index (κ3) is 3.84. The molecule has 1 aromatic heterocycles. The van der Waals surface area contributed by atoms with Gasteiger partial charge in [0.1, 0.15) is 11.9 Å². The number of hydrogen-bond donors (Lipinski definition) is 1. The highest BCUT2D eigenvalue weighted by molar-refractivity contribution is 9.10. The number of piperazine rings is 1. The van der Waals surface area contributed by atoms with Gasteiger partial charge in [0.05, 0.1) is 11.4 Å². The van der Waals surface area contributed by atoms with Gasteiger partial charge in [-0.2, -0.15) is 5.10 Å². The van der Waals surface area contributed by atoms with E-state index in [0.717, 1.165) is 28.2 Å². The van der Waals surface area contributed by atoms with Crippen molar-refractivity contribution in [2.45, 2.75) is 26.4 Å². The van der Waals surface area contributed by atoms with Crippen molar-refractivity contribution in [2.24, 2.45) is 0 Å². The SMILES string of the molecule is Cc1nn(-c2ccccc2)c(C)c1C1C(=O)NCCN1Cc1ccc(F)cc1Br. The Morgan fingerprint density at radius 1 is 1.21 bits per heavy atom. The molecular formula is C22H22BrFN4O. The van der Waals surface area contributed by atoms with Gasteiger partial charge in [-0.15, -0.1) is 0 Å². The number of aryl methyl sites for hydroxylation is 1. The molecule has 3 aromatic rings. The number of nitrogens with one attached hydrogen (secondary N) is 1. The minimum absolute atomic E-state index is 0.0340. The smallest absolute Gasteiger partial charge is 0.242 e. The molecule has 7 heteroatoms. The average molecular weight is 457 g/mol. The number of carbonyl (C=O) groups is 1. The monoisotopic (exact) mass is 456 g/mol. The summed E-state index contributed by atoms with van der Waals surface area (Å²) in [5.41, 5.74) is 4.60. The molecule has 1 saturated heterocycles. The summed E-state index contributed by atoms with van der Waals surface area (Å²) >= 11 is 3.45. The lowest BCUT2D eigenvalue weighted by molar-refractivity contribution is -0.129. The van der Waals surface area contributed by atoms with E-state index in [1.807, 2.05) is 48.9 Å². The fourth-order valence-corrected chi connectivity index (χ4v) is 4.41. The summed E-state index contributed by atoms with van der Waals surface area (Å²) < 4.78 is 16.1. The Bertz CT molecular complexity index is 1050. The molecule has 0 saturated carbocycles. The first-order valence-electron chi connectivity index (χ1n) is 9.53. The molecular weight excluding hydrogens is 435 g/mol. The first-order chi connectivity index (χ1) is 14.0. The molecule has 1 aliphatic heterocycles. The number of halogens is 2. The molecule has 5 nitrogen and oxygen atoms in total. The Balaban J connectivity index is 1.73. The van der Waals surface area contributed by atoms with Crippen LogP contribution in [-0.2, 0) is 11.3 Å². The van der Waals surface area contributed by atoms with Crippen LogP contribution in [0.4, 0.5) is 4.39 Å². The zero-order valence-electron chi connectivity index (χ0n) is 16.3. The van der Waals surface area contributed by atoms with Gasteiger partial charge in [0, 0.05) is 35.4 Å². The predicted molar refractivity (Wildman–Crippen MR) is 113 cm³/mol. The van der Waals surface area contributed by atoms with E-state index in [4.69, 9.17) is 5.10 Å². The summed E-state index contributed by atoms with van der Waals surface area (Å²) in [6.07, 6.45) is 0. The lowest BCUT2D eigenvalue weighted by Gasteiger charge is -2.35. The van der Waals surface area contributed by atoms with Crippen LogP contribution >= 0.6 is 15.9 Å². The van der Waals surface area contributed by atoms with Crippen molar-refractivity contribution in [1.29, 1.82) is 0 Å². The molecule has 150 valence electrons. The van der Waals surface area contributed by atoms with E-state index in [0.29, 0.717) is 24.1 Å². The van der Waals surface area contributed by atoms with Crippen molar-refractivity contribution >= 4 is 21.8 Å². The molecule has 0 bridgehead atoms. The Morgan fingerprint density at radius 2 is 1.97 bits per heavy atom. The van der Waals surface area contributed by atoms with E-state index in [1.165, 1.54) is 12.1 Å². The molecule has 0 radical (unpaired) electrons. The summed E-state index contributed by atoms with van der Waals surface area (Å²) in [6, 6.07) is 14.1. The van der Waals surface area contributed by atoms with E-state index < -0.39 is 6.04 Å². The van der Waals surface area contributed by atoms with Gasteiger partial charge < -0.3 is 5.32 Å². The second kappa shape index (κ2) is 8.08. The number of rotatable bonds is 4. The van der Waals surface area contributed by atoms with Crippen molar-refractivity contribution < 1.29 is 9.18 Å². The molecule has 1 atom stereocenters. The maximum Gasteiger partial charge on any atom is 0.242 e. The average Bonchev–Trinajstić information content (AvgIpc) is 2.99. The van der Waals surface area contributed by atoms with Gasteiger partial charge >= 0.3 is 0 Å². The molecule has 0 aliphatic carbocycles. The second-order valence-corrected chi connectivity index (χ2v) is 8.09. The first-order valence-corrected chi connectivity index (χ1v) is 10.3. The Hall–Kier alpha value is -2.51. The van der Waals surface area contributed by atoms with Crippen LogP contribution in [0.5, 0.6) is 0 Å². The predicted octanol–water partition coefficient (Wildman–Crippen LogP) is 4.06. The lowest BCUT2D eigenvalue weighted by Crippen LogP contribution is -2.49. The zero-order valence-corrected chi connectivity index (χ0v) is 17.9. The number of benzene rings is 2. The molecule has 1 unspecified atom stereocenters. The molecule has 1 amide bonds. The summed E-state index contributed by atoms with van der Waals surface area (Å²) in [7, 11) is 0. The minimum Gasteiger partial charge on any atom is -0.353 e. The van der Waals surface area contributed by atoms with Crippen LogP contribution < -0.4 is 5.32 Å². The molecule has 1 N–H and O–H groups in total. The maximum absolute atomic E-state index is 13.5. The summed E-state index contributed by atoms with van der Waals surface area (Å²) in [4.78, 5) is 15.1. The van der Waals surface area contributed by atoms with Crippen molar-refractivity contribution in [3.05, 3.63) is 81.3 Å². The van der Waals surface area contributed by atoms with Crippen LogP contribution in [0, 0.1) is 19.7 Å². The van der Waals surface area contributed by atoms with Crippen LogP contribution in [0.15, 0.2) is 53.0 Å². The third-order valence-electron chi connectivity index (χ3n) is 5.32. The van der Waals surface area contributed by atoms with Gasteiger partial charge in [0.2, 0.25) is 5.91 Å². The molecule has 2 heterocycles. The van der Waals surface area contributed by atoms with Crippen LogP contribution in [0.1, 0.15) is 28.6 Å². The third-order valence-corrected chi connectivity index (χ3v) is 6.06. The zero-order chi connectivity index (χ0) is 20.5. The maximum atomic E-state index is 13.5. The molecule has 0 spiro atoms. The number of carbonyl (C=O) groups excluding carboxylic acids is 1. The number of hydrogen-bond acceptors (Lipinski definition) is 3. The van der Waals surface area contributed by atoms with Gasteiger partial charge in [-0.3, -0.25) is 9.69 Å². The molecule has 29 heavy (non-hydrogen) atoms. The van der Waals surface area contributed by atoms with Gasteiger partial charge in [-0.25, -0.2) is 9.07 Å². The molecule has 2 aromatic carbocycles. The largest absolute Gasteiger partial charge is 0.353 e. The Morgan fingerprint density at radius 3 is 2.69 bits per heavy atom. The van der Waals surface area contributed by atoms with Gasteiger partial charge in [0.15, 0.2) is 0 Å². The Kier molecular flexibility index (Phi) is 5.52. The van der Waals surface area contributed by atoms with Gasteiger partial charge in [-0.05, 0) is 43.7 Å². The van der Waals surface area contributed by atoms with Crippen LogP contribution in [-0.4, -0.2) is 33.7 Å². The van der Waals surface area contributed by atoms with Crippen LogP contribution in [0.2, 0.25) is 0 Å². The normalized spacial score (nSPS) is 17.4. The standard InChI is InChI=1S/C22H22BrFN4O/c1-14-20(15(2)28(26-14)18-6-4-3-5-7-18)21-22(29)25-10-11-27(21)13-16-8-9-17(24)12-19(16)23/h3-9,12,21H,10-11,13H2,1-2H3,(H,25,29). The topological polar surface area (TPSA) is 50.2 Å². The number of amides is 1. The van der Waals surface area contributed by atoms with E-state index in [-0.39, 0.29) is 11.7 Å². The van der Waals surface area contributed by atoms with E-state index in [1.54, 1.807) is 6.07 Å². The van der Waals surface area contributed by atoms with Crippen molar-refractivity contribution in [1.82, 2.24) is 20.0 Å². The highest BCUT2D eigenvalue weighted by Gasteiger charge is 2.35. The second-order valence-electron chi connectivity index (χ2n) is 7.23. The molecule has 4 rings (SSSR count). The van der Waals surface area contributed by atoms with E-state index in [2.05, 4.69) is 26.1 Å². The first kappa shape index (κ1) is 19.8. The van der Waals surface area contributed by atoms with Gasteiger partial charge in [0.25, 0.3) is 0 Å². The number of para-hydroxylation sites is 1. The summed E-state index contributed by atoms with van der Waals surface area (Å²) in [6.45, 7) is 5.76. The highest BCUT2D eigenvalue weighted by atomic mass is 79.9. The fourth-order valence-electron chi connectivity index (χ4n) is 3.94. The number of nitrogens with zero attached hydrogens (tertiary/aromatic N) is 3. The highest BCUT2D eigenvalue weighted by Crippen LogP contribution is 2.32. The quantitative estimate of drug-likeness (QED) is 0.643. The Labute approximate surface area is 177 Å². The summed E-state index contributed by atoms with van der Waals surface area (Å²) in [5, 5.41) is 7.70. The fraction of sp³-hybridized carbons (Fsp3) is 0.273. The van der Waals surface area contributed by atoms with Crippen molar-refractivity contribution in [3.8, 4) is 5.69 Å².